The van der Waals surface area contributed by atoms with Crippen molar-refractivity contribution in [3.63, 3.8) is 0 Å². The van der Waals surface area contributed by atoms with Crippen molar-refractivity contribution < 1.29 is 0 Å². The Labute approximate surface area is 204 Å². The van der Waals surface area contributed by atoms with Crippen molar-refractivity contribution in [3.8, 4) is 12.1 Å². The zero-order valence-electron chi connectivity index (χ0n) is 16.8. The summed E-state index contributed by atoms with van der Waals surface area (Å²) in [5.74, 6) is 0. The SMILES string of the molecule is N#Cc1ccc(SSc2ccc(C#N)cc2Sc2ccccc2)c(Sc2ccccc2)c1. The van der Waals surface area contributed by atoms with Crippen molar-refractivity contribution in [2.45, 2.75) is 29.4 Å². The Morgan fingerprint density at radius 2 is 0.875 bits per heavy atom. The van der Waals surface area contributed by atoms with Crippen LogP contribution in [0.2, 0.25) is 0 Å². The molecule has 32 heavy (non-hydrogen) atoms. The second-order valence-electron chi connectivity index (χ2n) is 6.54. The summed E-state index contributed by atoms with van der Waals surface area (Å²) in [4.78, 5) is 6.57. The first kappa shape index (κ1) is 22.5. The van der Waals surface area contributed by atoms with Crippen LogP contribution in [0.3, 0.4) is 0 Å². The molecule has 0 aromatic heterocycles. The summed E-state index contributed by atoms with van der Waals surface area (Å²) in [5.41, 5.74) is 1.30. The van der Waals surface area contributed by atoms with Crippen LogP contribution in [0.25, 0.3) is 0 Å². The molecule has 0 unspecified atom stereocenters. The second-order valence-corrected chi connectivity index (χ2v) is 11.0. The topological polar surface area (TPSA) is 47.6 Å². The fourth-order valence-corrected chi connectivity index (χ4v) is 7.51. The third kappa shape index (κ3) is 5.94. The van der Waals surface area contributed by atoms with Crippen LogP contribution in [-0.4, -0.2) is 0 Å². The van der Waals surface area contributed by atoms with Gasteiger partial charge in [0.1, 0.15) is 0 Å². The molecule has 0 fully saturated rings. The summed E-state index contributed by atoms with van der Waals surface area (Å²) in [5, 5.41) is 18.7. The van der Waals surface area contributed by atoms with E-state index in [-0.39, 0.29) is 0 Å². The van der Waals surface area contributed by atoms with E-state index in [4.69, 9.17) is 0 Å². The molecule has 4 aromatic rings. The molecule has 0 heterocycles. The van der Waals surface area contributed by atoms with Crippen LogP contribution in [0.1, 0.15) is 11.1 Å². The summed E-state index contributed by atoms with van der Waals surface area (Å²) in [6.07, 6.45) is 0. The van der Waals surface area contributed by atoms with Crippen LogP contribution in [0.5, 0.6) is 0 Å². The van der Waals surface area contributed by atoms with E-state index in [2.05, 4.69) is 36.4 Å². The van der Waals surface area contributed by atoms with Crippen LogP contribution in [0.15, 0.2) is 126 Å². The predicted molar refractivity (Wildman–Crippen MR) is 135 cm³/mol. The lowest BCUT2D eigenvalue weighted by Gasteiger charge is -2.12. The van der Waals surface area contributed by atoms with Gasteiger partial charge in [0, 0.05) is 29.4 Å². The first-order valence-corrected chi connectivity index (χ1v) is 13.4. The van der Waals surface area contributed by atoms with Gasteiger partial charge in [0.2, 0.25) is 0 Å². The average molecular weight is 485 g/mol. The van der Waals surface area contributed by atoms with Crippen molar-refractivity contribution >= 4 is 45.1 Å². The van der Waals surface area contributed by atoms with Gasteiger partial charge in [-0.1, -0.05) is 81.5 Å². The Morgan fingerprint density at radius 1 is 0.469 bits per heavy atom. The van der Waals surface area contributed by atoms with E-state index in [0.29, 0.717) is 11.1 Å². The van der Waals surface area contributed by atoms with Crippen LogP contribution in [0, 0.1) is 22.7 Å². The van der Waals surface area contributed by atoms with Crippen molar-refractivity contribution in [1.82, 2.24) is 0 Å². The molecule has 0 aliphatic carbocycles. The lowest BCUT2D eigenvalue weighted by atomic mass is 10.2. The van der Waals surface area contributed by atoms with E-state index in [1.807, 2.05) is 72.8 Å². The molecule has 0 aliphatic heterocycles. The Balaban J connectivity index is 1.59. The Bertz CT molecular complexity index is 1190. The lowest BCUT2D eigenvalue weighted by molar-refractivity contribution is 1.23. The molecule has 154 valence electrons. The molecule has 4 aromatic carbocycles. The van der Waals surface area contributed by atoms with Gasteiger partial charge in [-0.2, -0.15) is 10.5 Å². The monoisotopic (exact) mass is 484 g/mol. The van der Waals surface area contributed by atoms with E-state index < -0.39 is 0 Å². The van der Waals surface area contributed by atoms with Crippen molar-refractivity contribution in [2.75, 3.05) is 0 Å². The number of nitrogens with zero attached hydrogens (tertiary/aromatic N) is 2. The van der Waals surface area contributed by atoms with Crippen molar-refractivity contribution in [2.24, 2.45) is 0 Å². The van der Waals surface area contributed by atoms with Crippen molar-refractivity contribution in [1.29, 1.82) is 10.5 Å². The number of rotatable bonds is 7. The van der Waals surface area contributed by atoms with Crippen LogP contribution in [0.4, 0.5) is 0 Å². The third-order valence-electron chi connectivity index (χ3n) is 4.31. The number of benzene rings is 4. The maximum atomic E-state index is 9.35. The predicted octanol–water partition coefficient (Wildman–Crippen LogP) is 8.53. The molecule has 0 saturated carbocycles. The molecular formula is C26H16N2S4. The fourth-order valence-electron chi connectivity index (χ4n) is 2.77. The summed E-state index contributed by atoms with van der Waals surface area (Å²) < 4.78 is 0. The van der Waals surface area contributed by atoms with Gasteiger partial charge in [0.05, 0.1) is 23.3 Å². The van der Waals surface area contributed by atoms with Gasteiger partial charge >= 0.3 is 0 Å². The highest BCUT2D eigenvalue weighted by atomic mass is 33.1. The van der Waals surface area contributed by atoms with Gasteiger partial charge in [-0.25, -0.2) is 0 Å². The van der Waals surface area contributed by atoms with E-state index in [1.54, 1.807) is 45.1 Å². The standard InChI is InChI=1S/C26H16N2S4/c27-17-19-11-13-23(25(15-19)29-21-7-3-1-4-8-21)31-32-24-14-12-20(18-28)16-26(24)30-22-9-5-2-6-10-22/h1-16H. The Hall–Kier alpha value is -2.74. The molecule has 0 amide bonds. The van der Waals surface area contributed by atoms with E-state index in [1.165, 1.54) is 0 Å². The Kier molecular flexibility index (Phi) is 7.87. The van der Waals surface area contributed by atoms with Gasteiger partial charge in [0.25, 0.3) is 0 Å². The normalized spacial score (nSPS) is 10.3. The molecule has 0 radical (unpaired) electrons. The minimum atomic E-state index is 0.650. The first-order valence-electron chi connectivity index (χ1n) is 9.64. The van der Waals surface area contributed by atoms with E-state index in [9.17, 15) is 10.5 Å². The molecule has 0 spiro atoms. The van der Waals surface area contributed by atoms with Crippen molar-refractivity contribution in [3.05, 3.63) is 108 Å². The van der Waals surface area contributed by atoms with Gasteiger partial charge in [-0.15, -0.1) is 0 Å². The highest BCUT2D eigenvalue weighted by Gasteiger charge is 2.12. The highest BCUT2D eigenvalue weighted by molar-refractivity contribution is 8.76. The molecule has 4 rings (SSSR count). The number of hydrogen-bond acceptors (Lipinski definition) is 6. The van der Waals surface area contributed by atoms with Crippen LogP contribution >= 0.6 is 45.1 Å². The molecule has 6 heteroatoms. The summed E-state index contributed by atoms with van der Waals surface area (Å²) >= 11 is 3.32. The second kappa shape index (κ2) is 11.2. The smallest absolute Gasteiger partial charge is 0.0992 e. The molecule has 0 N–H and O–H groups in total. The summed E-state index contributed by atoms with van der Waals surface area (Å²) in [6.45, 7) is 0. The molecule has 2 nitrogen and oxygen atoms in total. The molecule has 0 bridgehead atoms. The van der Waals surface area contributed by atoms with E-state index >= 15 is 0 Å². The molecule has 0 saturated heterocycles. The number of hydrogen-bond donors (Lipinski definition) is 0. The summed E-state index contributed by atoms with van der Waals surface area (Å²) in [6, 6.07) is 36.4. The fraction of sp³-hybridized carbons (Fsp3) is 0. The van der Waals surface area contributed by atoms with Gasteiger partial charge < -0.3 is 0 Å². The Morgan fingerprint density at radius 3 is 1.25 bits per heavy atom. The molecule has 0 aliphatic rings. The van der Waals surface area contributed by atoms with Crippen LogP contribution in [-0.2, 0) is 0 Å². The highest BCUT2D eigenvalue weighted by Crippen LogP contribution is 2.47. The number of nitriles is 2. The zero-order valence-corrected chi connectivity index (χ0v) is 20.0. The maximum absolute atomic E-state index is 9.35. The lowest BCUT2D eigenvalue weighted by Crippen LogP contribution is -1.84. The maximum Gasteiger partial charge on any atom is 0.0992 e. The molecular weight excluding hydrogens is 469 g/mol. The first-order chi connectivity index (χ1) is 15.7. The average Bonchev–Trinajstić information content (AvgIpc) is 2.85. The minimum Gasteiger partial charge on any atom is -0.192 e. The zero-order chi connectivity index (χ0) is 22.2. The summed E-state index contributed by atoms with van der Waals surface area (Å²) in [7, 11) is 3.33. The van der Waals surface area contributed by atoms with Gasteiger partial charge in [0.15, 0.2) is 0 Å². The van der Waals surface area contributed by atoms with E-state index in [0.717, 1.165) is 29.4 Å². The van der Waals surface area contributed by atoms with Crippen LogP contribution < -0.4 is 0 Å². The molecule has 0 atom stereocenters. The van der Waals surface area contributed by atoms with Gasteiger partial charge in [-0.05, 0) is 60.7 Å². The largest absolute Gasteiger partial charge is 0.192 e. The third-order valence-corrected chi connectivity index (χ3v) is 9.18. The minimum absolute atomic E-state index is 0.650. The quantitative estimate of drug-likeness (QED) is 0.245. The van der Waals surface area contributed by atoms with Gasteiger partial charge in [-0.3, -0.25) is 0 Å².